The molecule has 0 fully saturated rings. The van der Waals surface area contributed by atoms with Crippen LogP contribution < -0.4 is 11.3 Å². The number of ether oxygens (including phenoxy) is 3. The van der Waals surface area contributed by atoms with Crippen molar-refractivity contribution in [3.8, 4) is 0 Å². The summed E-state index contributed by atoms with van der Waals surface area (Å²) in [7, 11) is 1.63. The maximum atomic E-state index is 11.2. The molecular weight excluding hydrogens is 252 g/mol. The fraction of sp³-hybridized carbons (Fsp3) is 0.583. The largest absolute Gasteiger partial charge is 0.466 e. The van der Waals surface area contributed by atoms with Gasteiger partial charge in [-0.3, -0.25) is 10.2 Å². The Morgan fingerprint density at radius 3 is 2.84 bits per heavy atom. The van der Waals surface area contributed by atoms with Gasteiger partial charge >= 0.3 is 0 Å². The zero-order chi connectivity index (χ0) is 13.9. The predicted molar refractivity (Wildman–Crippen MR) is 67.3 cm³/mol. The van der Waals surface area contributed by atoms with Gasteiger partial charge in [-0.15, -0.1) is 0 Å². The summed E-state index contributed by atoms with van der Waals surface area (Å²) in [5.74, 6) is 5.20. The molecule has 3 N–H and O–H groups in total. The molecule has 7 nitrogen and oxygen atoms in total. The van der Waals surface area contributed by atoms with Crippen molar-refractivity contribution in [3.63, 3.8) is 0 Å². The fourth-order valence-corrected chi connectivity index (χ4v) is 1.34. The molecule has 1 aromatic heterocycles. The number of hydrazine groups is 1. The lowest BCUT2D eigenvalue weighted by molar-refractivity contribution is 0.0453. The summed E-state index contributed by atoms with van der Waals surface area (Å²) in [6.07, 6.45) is 2.13. The molecule has 1 amide bonds. The minimum Gasteiger partial charge on any atom is -0.466 e. The topological polar surface area (TPSA) is 96.0 Å². The van der Waals surface area contributed by atoms with Gasteiger partial charge in [-0.2, -0.15) is 0 Å². The van der Waals surface area contributed by atoms with Crippen LogP contribution in [0.2, 0.25) is 0 Å². The third kappa shape index (κ3) is 6.35. The second-order valence-corrected chi connectivity index (χ2v) is 3.79. The summed E-state index contributed by atoms with van der Waals surface area (Å²) in [4.78, 5) is 11.2. The van der Waals surface area contributed by atoms with Gasteiger partial charge in [-0.25, -0.2) is 5.84 Å². The molecule has 0 bridgehead atoms. The van der Waals surface area contributed by atoms with Gasteiger partial charge < -0.3 is 18.6 Å². The Bertz CT molecular complexity index is 367. The number of amides is 1. The molecule has 1 rings (SSSR count). The van der Waals surface area contributed by atoms with Gasteiger partial charge in [0.05, 0.1) is 18.8 Å². The van der Waals surface area contributed by atoms with Crippen molar-refractivity contribution in [2.75, 3.05) is 33.5 Å². The van der Waals surface area contributed by atoms with Crippen LogP contribution in [0.15, 0.2) is 16.7 Å². The van der Waals surface area contributed by atoms with Crippen LogP contribution in [-0.4, -0.2) is 39.4 Å². The average molecular weight is 272 g/mol. The monoisotopic (exact) mass is 272 g/mol. The van der Waals surface area contributed by atoms with Gasteiger partial charge in [-0.05, 0) is 12.5 Å². The normalized spacial score (nSPS) is 10.6. The number of rotatable bonds is 10. The molecule has 7 heteroatoms. The molecule has 0 aliphatic heterocycles. The highest BCUT2D eigenvalue weighted by atomic mass is 16.5. The van der Waals surface area contributed by atoms with Gasteiger partial charge in [-0.1, -0.05) is 0 Å². The summed E-state index contributed by atoms with van der Waals surface area (Å²) in [5, 5.41) is 0. The van der Waals surface area contributed by atoms with Crippen LogP contribution in [0, 0.1) is 0 Å². The summed E-state index contributed by atoms with van der Waals surface area (Å²) < 4.78 is 20.7. The van der Waals surface area contributed by atoms with E-state index in [9.17, 15) is 4.79 Å². The molecule has 0 radical (unpaired) electrons. The summed E-state index contributed by atoms with van der Waals surface area (Å²) >= 11 is 0. The van der Waals surface area contributed by atoms with E-state index in [1.807, 2.05) is 5.43 Å². The molecule has 0 aliphatic rings. The van der Waals surface area contributed by atoms with E-state index in [0.717, 1.165) is 6.42 Å². The number of hydrogen-bond donors (Lipinski definition) is 2. The van der Waals surface area contributed by atoms with Crippen LogP contribution in [0.25, 0.3) is 0 Å². The van der Waals surface area contributed by atoms with Crippen molar-refractivity contribution < 1.29 is 23.4 Å². The van der Waals surface area contributed by atoms with Crippen molar-refractivity contribution in [1.29, 1.82) is 0 Å². The van der Waals surface area contributed by atoms with Gasteiger partial charge in [0.15, 0.2) is 0 Å². The number of methoxy groups -OCH3 is 1. The minimum atomic E-state index is -0.387. The lowest BCUT2D eigenvalue weighted by Crippen LogP contribution is -2.29. The highest BCUT2D eigenvalue weighted by molar-refractivity contribution is 5.93. The number of furan rings is 1. The van der Waals surface area contributed by atoms with Crippen molar-refractivity contribution in [2.24, 2.45) is 5.84 Å². The van der Waals surface area contributed by atoms with Crippen molar-refractivity contribution in [3.05, 3.63) is 23.7 Å². The molecule has 0 saturated heterocycles. The van der Waals surface area contributed by atoms with Crippen LogP contribution in [0.5, 0.6) is 0 Å². The van der Waals surface area contributed by atoms with E-state index in [-0.39, 0.29) is 5.91 Å². The highest BCUT2D eigenvalue weighted by Crippen LogP contribution is 2.08. The lowest BCUT2D eigenvalue weighted by atomic mass is 10.3. The van der Waals surface area contributed by atoms with Crippen molar-refractivity contribution in [1.82, 2.24) is 5.43 Å². The Morgan fingerprint density at radius 2 is 2.11 bits per heavy atom. The molecule has 0 saturated carbocycles. The number of carbonyl (C=O) groups excluding carboxylic acids is 1. The first kappa shape index (κ1) is 15.6. The fourth-order valence-electron chi connectivity index (χ4n) is 1.34. The number of nitrogens with one attached hydrogen (secondary N) is 1. The minimum absolute atomic E-state index is 0.315. The maximum absolute atomic E-state index is 11.2. The van der Waals surface area contributed by atoms with Crippen molar-refractivity contribution >= 4 is 5.91 Å². The van der Waals surface area contributed by atoms with Crippen molar-refractivity contribution in [2.45, 2.75) is 13.0 Å². The van der Waals surface area contributed by atoms with E-state index in [0.29, 0.717) is 44.4 Å². The zero-order valence-electron chi connectivity index (χ0n) is 11.0. The highest BCUT2D eigenvalue weighted by Gasteiger charge is 2.08. The summed E-state index contributed by atoms with van der Waals surface area (Å²) in [6.45, 7) is 2.69. The lowest BCUT2D eigenvalue weighted by Gasteiger charge is -2.04. The van der Waals surface area contributed by atoms with E-state index < -0.39 is 0 Å². The number of hydrogen-bond acceptors (Lipinski definition) is 6. The first-order valence-electron chi connectivity index (χ1n) is 6.00. The molecule has 1 aromatic rings. The van der Waals surface area contributed by atoms with Gasteiger partial charge in [0.2, 0.25) is 0 Å². The molecule has 0 spiro atoms. The van der Waals surface area contributed by atoms with Crippen LogP contribution >= 0.6 is 0 Å². The molecular formula is C12H20N2O5. The zero-order valence-corrected chi connectivity index (χ0v) is 11.0. The van der Waals surface area contributed by atoms with E-state index in [2.05, 4.69) is 0 Å². The Morgan fingerprint density at radius 1 is 1.32 bits per heavy atom. The average Bonchev–Trinajstić information content (AvgIpc) is 2.89. The number of nitrogens with two attached hydrogens (primary N) is 1. The van der Waals surface area contributed by atoms with Crippen LogP contribution in [0.3, 0.4) is 0 Å². The molecule has 1 heterocycles. The SMILES string of the molecule is COCCOCCCOCc1cc(C(=O)NN)co1. The Hall–Kier alpha value is -1.41. The quantitative estimate of drug-likeness (QED) is 0.278. The van der Waals surface area contributed by atoms with Gasteiger partial charge in [0, 0.05) is 20.3 Å². The first-order chi connectivity index (χ1) is 9.27. The van der Waals surface area contributed by atoms with Gasteiger partial charge in [0.25, 0.3) is 5.91 Å². The van der Waals surface area contributed by atoms with E-state index >= 15 is 0 Å². The standard InChI is InChI=1S/C12H20N2O5/c1-16-5-6-17-3-2-4-18-9-11-7-10(8-19-11)12(15)14-13/h7-8H,2-6,9,13H2,1H3,(H,14,15). The molecule has 19 heavy (non-hydrogen) atoms. The molecule has 0 unspecified atom stereocenters. The molecule has 0 atom stereocenters. The number of nitrogen functional groups attached to an aromatic ring is 1. The number of carbonyl (C=O) groups is 1. The maximum Gasteiger partial charge on any atom is 0.268 e. The first-order valence-corrected chi connectivity index (χ1v) is 6.00. The van der Waals surface area contributed by atoms with Crippen LogP contribution in [-0.2, 0) is 20.8 Å². The van der Waals surface area contributed by atoms with E-state index in [4.69, 9.17) is 24.5 Å². The third-order valence-corrected chi connectivity index (χ3v) is 2.30. The summed E-state index contributed by atoms with van der Waals surface area (Å²) in [5.41, 5.74) is 2.41. The predicted octanol–water partition coefficient (Wildman–Crippen LogP) is 0.453. The smallest absolute Gasteiger partial charge is 0.268 e. The Labute approximate surface area is 112 Å². The van der Waals surface area contributed by atoms with Crippen LogP contribution in [0.1, 0.15) is 22.5 Å². The molecule has 0 aliphatic carbocycles. The molecule has 0 aromatic carbocycles. The molecule has 108 valence electrons. The van der Waals surface area contributed by atoms with E-state index in [1.165, 1.54) is 6.26 Å². The second-order valence-electron chi connectivity index (χ2n) is 3.79. The van der Waals surface area contributed by atoms with Crippen LogP contribution in [0.4, 0.5) is 0 Å². The van der Waals surface area contributed by atoms with Gasteiger partial charge in [0.1, 0.15) is 18.6 Å². The second kappa shape index (κ2) is 9.51. The third-order valence-electron chi connectivity index (χ3n) is 2.30. The summed E-state index contributed by atoms with van der Waals surface area (Å²) in [6, 6.07) is 1.59. The van der Waals surface area contributed by atoms with E-state index in [1.54, 1.807) is 13.2 Å². The Balaban J connectivity index is 2.06. The Kier molecular flexibility index (Phi) is 7.83.